The van der Waals surface area contributed by atoms with Crippen molar-refractivity contribution < 1.29 is 19.1 Å². The van der Waals surface area contributed by atoms with Crippen LogP contribution in [-0.2, 0) is 19.4 Å². The highest BCUT2D eigenvalue weighted by Crippen LogP contribution is 2.45. The number of rotatable bonds is 7. The average Bonchev–Trinajstić information content (AvgIpc) is 3.45. The summed E-state index contributed by atoms with van der Waals surface area (Å²) < 4.78 is 11.6. The van der Waals surface area contributed by atoms with Crippen LogP contribution in [0.1, 0.15) is 66.2 Å². The van der Waals surface area contributed by atoms with E-state index >= 15 is 0 Å². The van der Waals surface area contributed by atoms with E-state index in [2.05, 4.69) is 48.7 Å². The summed E-state index contributed by atoms with van der Waals surface area (Å²) in [6, 6.07) is 7.27. The summed E-state index contributed by atoms with van der Waals surface area (Å²) in [7, 11) is 0. The maximum absolute atomic E-state index is 13.3. The van der Waals surface area contributed by atoms with Crippen molar-refractivity contribution in [3.05, 3.63) is 61.4 Å². The molecule has 0 unspecified atom stereocenters. The van der Waals surface area contributed by atoms with E-state index in [0.29, 0.717) is 44.7 Å². The number of halogens is 1. The molecule has 0 radical (unpaired) electrons. The Morgan fingerprint density at radius 2 is 2.20 bits per heavy atom. The summed E-state index contributed by atoms with van der Waals surface area (Å²) in [6.45, 7) is 9.52. The van der Waals surface area contributed by atoms with Gasteiger partial charge >= 0.3 is 0 Å². The van der Waals surface area contributed by atoms with Gasteiger partial charge in [-0.15, -0.1) is 11.3 Å². The van der Waals surface area contributed by atoms with Crippen LogP contribution in [0.25, 0.3) is 0 Å². The number of fused-ring (bicyclic) bond motifs is 1. The zero-order chi connectivity index (χ0) is 25.2. The lowest BCUT2D eigenvalue weighted by atomic mass is 9.72. The van der Waals surface area contributed by atoms with Gasteiger partial charge in [-0.25, -0.2) is 4.99 Å². The Bertz CT molecular complexity index is 1230. The van der Waals surface area contributed by atoms with Crippen LogP contribution in [0.2, 0.25) is 0 Å². The first-order valence-corrected chi connectivity index (χ1v) is 13.7. The Morgan fingerprint density at radius 3 is 2.89 bits per heavy atom. The minimum Gasteiger partial charge on any atom is -0.504 e. The number of hydrogen-bond acceptors (Lipinski definition) is 6. The molecule has 2 aromatic heterocycles. The number of carbonyl (C=O) groups is 1. The van der Waals surface area contributed by atoms with Crippen molar-refractivity contribution in [2.45, 2.75) is 53.5 Å². The second kappa shape index (κ2) is 10.7. The smallest absolute Gasteiger partial charge is 0.255 e. The highest BCUT2D eigenvalue weighted by Gasteiger charge is 2.33. The van der Waals surface area contributed by atoms with E-state index in [1.54, 1.807) is 29.9 Å². The Morgan fingerprint density at radius 1 is 1.40 bits per heavy atom. The molecule has 2 N–H and O–H groups in total. The fourth-order valence-corrected chi connectivity index (χ4v) is 6.27. The van der Waals surface area contributed by atoms with Crippen molar-refractivity contribution in [3.63, 3.8) is 0 Å². The van der Waals surface area contributed by atoms with Crippen LogP contribution in [0, 0.1) is 14.9 Å². The summed E-state index contributed by atoms with van der Waals surface area (Å²) in [5.74, 6) is 1.70. The minimum absolute atomic E-state index is 0.127. The zero-order valence-corrected chi connectivity index (χ0v) is 23.5. The number of amides is 1. The molecule has 0 saturated heterocycles. The second-order valence-corrected chi connectivity index (χ2v) is 12.0. The van der Waals surface area contributed by atoms with E-state index in [4.69, 9.17) is 14.1 Å². The molecule has 6 nitrogen and oxygen atoms in total. The lowest BCUT2D eigenvalue weighted by Crippen LogP contribution is -2.28. The fraction of sp³-hybridized carbons (Fsp3) is 0.407. The molecule has 1 atom stereocenters. The maximum Gasteiger partial charge on any atom is 0.255 e. The monoisotopic (exact) mass is 606 g/mol. The van der Waals surface area contributed by atoms with Gasteiger partial charge in [-0.05, 0) is 95.5 Å². The van der Waals surface area contributed by atoms with E-state index in [-0.39, 0.29) is 17.1 Å². The van der Waals surface area contributed by atoms with Gasteiger partial charge in [0.1, 0.15) is 10.8 Å². The molecule has 1 aliphatic rings. The minimum atomic E-state index is -0.129. The predicted molar refractivity (Wildman–Crippen MR) is 148 cm³/mol. The van der Waals surface area contributed by atoms with Crippen molar-refractivity contribution >= 4 is 51.1 Å². The molecule has 1 amide bonds. The van der Waals surface area contributed by atoms with Gasteiger partial charge in [-0.1, -0.05) is 20.8 Å². The lowest BCUT2D eigenvalue weighted by Gasteiger charge is -2.33. The second-order valence-electron chi connectivity index (χ2n) is 9.79. The standard InChI is InChI=1S/C27H31IN2O4S/c1-5-33-21-12-16(11-20(28)24(21)31)14-30-26-23(25(32)29-15-18-7-6-10-34-18)19-9-8-17(27(2,3)4)13-22(19)35-26/h6-7,10-12,14,17,31H,5,8-9,13,15H2,1-4H3,(H,29,32)/t17-/m0/s1. The summed E-state index contributed by atoms with van der Waals surface area (Å²) >= 11 is 3.69. The van der Waals surface area contributed by atoms with Gasteiger partial charge in [0.05, 0.1) is 28.5 Å². The SMILES string of the molecule is CCOc1cc(C=Nc2sc3c(c2C(=O)NCc2ccco2)CC[C@H](C(C)(C)C)C3)cc(I)c1O. The Balaban J connectivity index is 1.67. The summed E-state index contributed by atoms with van der Waals surface area (Å²) in [6.07, 6.45) is 6.24. The normalized spacial score (nSPS) is 15.9. The largest absolute Gasteiger partial charge is 0.504 e. The van der Waals surface area contributed by atoms with E-state index in [0.717, 1.165) is 30.4 Å². The number of aliphatic imine (C=N–C) groups is 1. The number of phenolic OH excluding ortho intramolecular Hbond substituents is 1. The molecular formula is C27H31IN2O4S. The van der Waals surface area contributed by atoms with Gasteiger partial charge in [-0.3, -0.25) is 4.79 Å². The van der Waals surface area contributed by atoms with Crippen LogP contribution >= 0.6 is 33.9 Å². The van der Waals surface area contributed by atoms with Crippen molar-refractivity contribution in [1.29, 1.82) is 0 Å². The molecule has 2 heterocycles. The Labute approximate surface area is 223 Å². The highest BCUT2D eigenvalue weighted by molar-refractivity contribution is 14.1. The van der Waals surface area contributed by atoms with Crippen molar-refractivity contribution in [1.82, 2.24) is 5.32 Å². The average molecular weight is 607 g/mol. The first-order chi connectivity index (χ1) is 16.7. The van der Waals surface area contributed by atoms with Crippen LogP contribution in [-0.4, -0.2) is 23.8 Å². The molecule has 35 heavy (non-hydrogen) atoms. The van der Waals surface area contributed by atoms with Crippen molar-refractivity contribution in [2.75, 3.05) is 6.61 Å². The molecule has 0 spiro atoms. The number of hydrogen-bond donors (Lipinski definition) is 2. The number of thiophene rings is 1. The number of phenols is 1. The summed E-state index contributed by atoms with van der Waals surface area (Å²) in [5.41, 5.74) is 2.80. The van der Waals surface area contributed by atoms with Gasteiger partial charge in [0.2, 0.25) is 0 Å². The molecule has 1 aliphatic carbocycles. The number of aromatic hydroxyl groups is 1. The number of ether oxygens (including phenoxy) is 1. The van der Waals surface area contributed by atoms with Crippen molar-refractivity contribution in [2.24, 2.45) is 16.3 Å². The van der Waals surface area contributed by atoms with Gasteiger partial charge in [0, 0.05) is 11.1 Å². The number of nitrogens with one attached hydrogen (secondary N) is 1. The summed E-state index contributed by atoms with van der Waals surface area (Å²) in [4.78, 5) is 19.4. The third-order valence-corrected chi connectivity index (χ3v) is 8.37. The van der Waals surface area contributed by atoms with Gasteiger partial charge < -0.3 is 19.6 Å². The molecule has 4 rings (SSSR count). The maximum atomic E-state index is 13.3. The van der Waals surface area contributed by atoms with Crippen LogP contribution in [0.5, 0.6) is 11.5 Å². The van der Waals surface area contributed by atoms with E-state index in [1.807, 2.05) is 25.1 Å². The van der Waals surface area contributed by atoms with E-state index in [1.165, 1.54) is 4.88 Å². The predicted octanol–water partition coefficient (Wildman–Crippen LogP) is 6.88. The molecule has 1 aromatic carbocycles. The topological polar surface area (TPSA) is 84.1 Å². The Hall–Kier alpha value is -2.33. The molecule has 0 aliphatic heterocycles. The first-order valence-electron chi connectivity index (χ1n) is 11.8. The zero-order valence-electron chi connectivity index (χ0n) is 20.5. The number of nitrogens with zero attached hydrogens (tertiary/aromatic N) is 1. The first kappa shape index (κ1) is 25.8. The molecule has 8 heteroatoms. The fourth-order valence-electron chi connectivity index (χ4n) is 4.37. The van der Waals surface area contributed by atoms with E-state index in [9.17, 15) is 9.90 Å². The molecule has 0 bridgehead atoms. The van der Waals surface area contributed by atoms with Crippen LogP contribution in [0.15, 0.2) is 39.9 Å². The van der Waals surface area contributed by atoms with Gasteiger partial charge in [0.25, 0.3) is 5.91 Å². The number of benzene rings is 1. The molecule has 3 aromatic rings. The third-order valence-electron chi connectivity index (χ3n) is 6.38. The summed E-state index contributed by atoms with van der Waals surface area (Å²) in [5, 5.41) is 14.0. The van der Waals surface area contributed by atoms with Crippen LogP contribution in [0.3, 0.4) is 0 Å². The third kappa shape index (κ3) is 5.91. The Kier molecular flexibility index (Phi) is 7.90. The van der Waals surface area contributed by atoms with Gasteiger partial charge in [0.15, 0.2) is 11.5 Å². The molecule has 186 valence electrons. The van der Waals surface area contributed by atoms with Crippen LogP contribution < -0.4 is 10.1 Å². The van der Waals surface area contributed by atoms with Gasteiger partial charge in [-0.2, -0.15) is 0 Å². The van der Waals surface area contributed by atoms with Crippen LogP contribution in [0.4, 0.5) is 5.00 Å². The molecule has 0 fully saturated rings. The quantitative estimate of drug-likeness (QED) is 0.227. The number of furan rings is 1. The van der Waals surface area contributed by atoms with E-state index < -0.39 is 0 Å². The highest BCUT2D eigenvalue weighted by atomic mass is 127. The number of carbonyl (C=O) groups excluding carboxylic acids is 1. The van der Waals surface area contributed by atoms with Crippen molar-refractivity contribution in [3.8, 4) is 11.5 Å². The lowest BCUT2D eigenvalue weighted by molar-refractivity contribution is 0.0947. The molecule has 0 saturated carbocycles. The molecular weight excluding hydrogens is 575 g/mol.